The maximum absolute atomic E-state index is 11.5. The molecule has 1 aromatic carbocycles. The number of nitrogens with one attached hydrogen (secondary N) is 1. The molecule has 6 heteroatoms. The lowest BCUT2D eigenvalue weighted by Gasteiger charge is -2.05. The third-order valence-electron chi connectivity index (χ3n) is 2.96. The Morgan fingerprint density at radius 2 is 1.96 bits per heavy atom. The first kappa shape index (κ1) is 17.0. The minimum absolute atomic E-state index is 0.114. The minimum Gasteiger partial charge on any atom is -0.478 e. The van der Waals surface area contributed by atoms with E-state index in [1.165, 1.54) is 18.3 Å². The van der Waals surface area contributed by atoms with Crippen LogP contribution in [0.4, 0.5) is 4.79 Å². The van der Waals surface area contributed by atoms with Crippen LogP contribution in [-0.2, 0) is 11.3 Å². The number of rotatable bonds is 5. The Morgan fingerprint density at radius 3 is 2.62 bits per heavy atom. The van der Waals surface area contributed by atoms with Crippen molar-refractivity contribution in [2.45, 2.75) is 13.0 Å². The molecule has 1 amide bonds. The molecule has 0 unspecified atom stereocenters. The van der Waals surface area contributed by atoms with Gasteiger partial charge in [-0.25, -0.2) is 14.6 Å². The molecular weight excluding hydrogens is 308 g/mol. The number of benzene rings is 1. The third-order valence-corrected chi connectivity index (χ3v) is 2.96. The first-order chi connectivity index (χ1) is 11.6. The molecular formula is C18H16N2O4. The monoisotopic (exact) mass is 324 g/mol. The molecule has 0 aliphatic carbocycles. The van der Waals surface area contributed by atoms with Gasteiger partial charge in [-0.1, -0.05) is 36.3 Å². The van der Waals surface area contributed by atoms with Gasteiger partial charge in [0, 0.05) is 19.2 Å². The summed E-state index contributed by atoms with van der Waals surface area (Å²) >= 11 is 0. The summed E-state index contributed by atoms with van der Waals surface area (Å²) in [5.41, 5.74) is 1.51. The number of pyridine rings is 1. The Labute approximate surface area is 139 Å². The first-order valence-electron chi connectivity index (χ1n) is 7.28. The van der Waals surface area contributed by atoms with E-state index in [9.17, 15) is 9.59 Å². The fraction of sp³-hybridized carbons (Fsp3) is 0.167. The molecule has 0 spiro atoms. The second-order valence-electron chi connectivity index (χ2n) is 4.78. The van der Waals surface area contributed by atoms with Gasteiger partial charge < -0.3 is 15.2 Å². The van der Waals surface area contributed by atoms with Crippen molar-refractivity contribution in [2.24, 2.45) is 0 Å². The van der Waals surface area contributed by atoms with Crippen LogP contribution >= 0.6 is 0 Å². The number of hydrogen-bond donors (Lipinski definition) is 2. The minimum atomic E-state index is -1.03. The van der Waals surface area contributed by atoms with E-state index in [0.717, 1.165) is 5.56 Å². The van der Waals surface area contributed by atoms with Crippen molar-refractivity contribution in [2.75, 3.05) is 6.54 Å². The number of aromatic carboxylic acids is 1. The SMILES string of the molecule is O=C(NCCC#Cc1ccc(C(=O)O)cn1)OCc1ccccc1. The molecule has 0 fully saturated rings. The number of carbonyl (C=O) groups is 2. The number of nitrogens with zero attached hydrogens (tertiary/aromatic N) is 1. The summed E-state index contributed by atoms with van der Waals surface area (Å²) in [4.78, 5) is 26.1. The molecule has 0 bridgehead atoms. The molecule has 0 saturated heterocycles. The van der Waals surface area contributed by atoms with E-state index >= 15 is 0 Å². The van der Waals surface area contributed by atoms with E-state index in [0.29, 0.717) is 18.7 Å². The van der Waals surface area contributed by atoms with E-state index in [2.05, 4.69) is 22.1 Å². The Kier molecular flexibility index (Phi) is 6.35. The van der Waals surface area contributed by atoms with Crippen LogP contribution in [0.25, 0.3) is 0 Å². The zero-order valence-corrected chi connectivity index (χ0v) is 12.9. The first-order valence-corrected chi connectivity index (χ1v) is 7.28. The van der Waals surface area contributed by atoms with Crippen LogP contribution in [0.2, 0.25) is 0 Å². The molecule has 2 aromatic rings. The van der Waals surface area contributed by atoms with E-state index in [1.54, 1.807) is 0 Å². The van der Waals surface area contributed by atoms with Gasteiger partial charge in [0.25, 0.3) is 0 Å². The molecule has 0 saturated carbocycles. The second kappa shape index (κ2) is 8.96. The van der Waals surface area contributed by atoms with Gasteiger partial charge in [0.2, 0.25) is 0 Å². The van der Waals surface area contributed by atoms with Gasteiger partial charge in [0.15, 0.2) is 0 Å². The maximum Gasteiger partial charge on any atom is 0.407 e. The molecule has 0 atom stereocenters. The molecule has 0 radical (unpaired) electrons. The van der Waals surface area contributed by atoms with E-state index in [1.807, 2.05) is 30.3 Å². The summed E-state index contributed by atoms with van der Waals surface area (Å²) in [5, 5.41) is 11.4. The van der Waals surface area contributed by atoms with Crippen LogP contribution in [0.3, 0.4) is 0 Å². The van der Waals surface area contributed by atoms with Crippen LogP contribution in [0, 0.1) is 11.8 Å². The summed E-state index contributed by atoms with van der Waals surface area (Å²) in [5.74, 6) is 4.62. The van der Waals surface area contributed by atoms with Gasteiger partial charge in [-0.2, -0.15) is 0 Å². The van der Waals surface area contributed by atoms with Crippen molar-refractivity contribution >= 4 is 12.1 Å². The fourth-order valence-electron chi connectivity index (χ4n) is 1.75. The molecule has 24 heavy (non-hydrogen) atoms. The Bertz CT molecular complexity index is 746. The highest BCUT2D eigenvalue weighted by Crippen LogP contribution is 2.00. The quantitative estimate of drug-likeness (QED) is 0.651. The van der Waals surface area contributed by atoms with Crippen LogP contribution < -0.4 is 5.32 Å². The van der Waals surface area contributed by atoms with Crippen molar-refractivity contribution in [3.05, 3.63) is 65.5 Å². The summed E-state index contributed by atoms with van der Waals surface area (Å²) in [6, 6.07) is 12.4. The molecule has 0 aliphatic rings. The molecule has 122 valence electrons. The average molecular weight is 324 g/mol. The normalized spacial score (nSPS) is 9.50. The van der Waals surface area contributed by atoms with Crippen molar-refractivity contribution in [1.82, 2.24) is 10.3 Å². The van der Waals surface area contributed by atoms with Crippen LogP contribution in [0.15, 0.2) is 48.7 Å². The molecule has 2 N–H and O–H groups in total. The predicted octanol–water partition coefficient (Wildman–Crippen LogP) is 2.45. The number of alkyl carbamates (subject to hydrolysis) is 1. The number of carboxylic acids is 1. The van der Waals surface area contributed by atoms with Crippen LogP contribution in [0.5, 0.6) is 0 Å². The Balaban J connectivity index is 1.67. The summed E-state index contributed by atoms with van der Waals surface area (Å²) < 4.78 is 5.06. The summed E-state index contributed by atoms with van der Waals surface area (Å²) in [6.07, 6.45) is 1.19. The van der Waals surface area contributed by atoms with E-state index < -0.39 is 12.1 Å². The van der Waals surface area contributed by atoms with Gasteiger partial charge in [-0.05, 0) is 23.6 Å². The highest BCUT2D eigenvalue weighted by atomic mass is 16.5. The number of amides is 1. The van der Waals surface area contributed by atoms with Crippen LogP contribution in [0.1, 0.15) is 28.0 Å². The van der Waals surface area contributed by atoms with Gasteiger partial charge in [-0.3, -0.25) is 0 Å². The standard InChI is InChI=1S/C18H16N2O4/c21-17(22)15-9-10-16(20-12-15)8-4-5-11-19-18(23)24-13-14-6-2-1-3-7-14/h1-3,6-7,9-10,12H,5,11,13H2,(H,19,23)(H,21,22). The zero-order chi connectivity index (χ0) is 17.2. The molecule has 1 aromatic heterocycles. The number of carboxylic acid groups (broad SMARTS) is 1. The number of carbonyl (C=O) groups excluding carboxylic acids is 1. The smallest absolute Gasteiger partial charge is 0.407 e. The largest absolute Gasteiger partial charge is 0.478 e. The van der Waals surface area contributed by atoms with Gasteiger partial charge in [0.05, 0.1) is 5.56 Å². The van der Waals surface area contributed by atoms with E-state index in [-0.39, 0.29) is 12.2 Å². The summed E-state index contributed by atoms with van der Waals surface area (Å²) in [7, 11) is 0. The second-order valence-corrected chi connectivity index (χ2v) is 4.78. The molecule has 6 nitrogen and oxygen atoms in total. The predicted molar refractivity (Wildman–Crippen MR) is 87.3 cm³/mol. The average Bonchev–Trinajstić information content (AvgIpc) is 2.61. The Morgan fingerprint density at radius 1 is 1.17 bits per heavy atom. The molecule has 1 heterocycles. The number of hydrogen-bond acceptors (Lipinski definition) is 4. The van der Waals surface area contributed by atoms with Crippen molar-refractivity contribution < 1.29 is 19.4 Å². The van der Waals surface area contributed by atoms with Crippen LogP contribution in [-0.4, -0.2) is 28.7 Å². The van der Waals surface area contributed by atoms with Crippen molar-refractivity contribution in [1.29, 1.82) is 0 Å². The summed E-state index contributed by atoms with van der Waals surface area (Å²) in [6.45, 7) is 0.575. The highest BCUT2D eigenvalue weighted by molar-refractivity contribution is 5.87. The fourth-order valence-corrected chi connectivity index (χ4v) is 1.75. The lowest BCUT2D eigenvalue weighted by Crippen LogP contribution is -2.24. The lowest BCUT2D eigenvalue weighted by molar-refractivity contribution is 0.0696. The van der Waals surface area contributed by atoms with Gasteiger partial charge >= 0.3 is 12.1 Å². The zero-order valence-electron chi connectivity index (χ0n) is 12.9. The van der Waals surface area contributed by atoms with E-state index in [4.69, 9.17) is 9.84 Å². The number of ether oxygens (including phenoxy) is 1. The van der Waals surface area contributed by atoms with Crippen molar-refractivity contribution in [3.63, 3.8) is 0 Å². The van der Waals surface area contributed by atoms with Gasteiger partial charge in [0.1, 0.15) is 12.3 Å². The molecule has 2 rings (SSSR count). The highest BCUT2D eigenvalue weighted by Gasteiger charge is 2.02. The molecule has 0 aliphatic heterocycles. The maximum atomic E-state index is 11.5. The third kappa shape index (κ3) is 5.81. The lowest BCUT2D eigenvalue weighted by atomic mass is 10.2. The topological polar surface area (TPSA) is 88.5 Å². The van der Waals surface area contributed by atoms with Gasteiger partial charge in [-0.15, -0.1) is 0 Å². The Hall–Kier alpha value is -3.33. The number of aromatic nitrogens is 1. The van der Waals surface area contributed by atoms with Crippen molar-refractivity contribution in [3.8, 4) is 11.8 Å².